The number of carbonyl (C=O) groups is 1. The maximum atomic E-state index is 12.5. The van der Waals surface area contributed by atoms with Crippen LogP contribution in [0.5, 0.6) is 0 Å². The van der Waals surface area contributed by atoms with E-state index in [9.17, 15) is 4.79 Å². The molecule has 1 fully saturated rings. The fourth-order valence-electron chi connectivity index (χ4n) is 4.28. The van der Waals surface area contributed by atoms with E-state index in [1.54, 1.807) is 6.08 Å². The Morgan fingerprint density at radius 1 is 1.21 bits per heavy atom. The Morgan fingerprint density at radius 3 is 2.79 bits per heavy atom. The number of carbonyl (C=O) groups excluding carboxylic acids is 1. The molecule has 4 aromatic rings. The van der Waals surface area contributed by atoms with Crippen molar-refractivity contribution in [3.05, 3.63) is 66.2 Å². The van der Waals surface area contributed by atoms with Crippen molar-refractivity contribution in [2.75, 3.05) is 31.1 Å². The second-order valence-corrected chi connectivity index (χ2v) is 8.52. The molecule has 1 aliphatic rings. The van der Waals surface area contributed by atoms with Gasteiger partial charge in [0.05, 0.1) is 5.52 Å². The van der Waals surface area contributed by atoms with Gasteiger partial charge in [0.15, 0.2) is 11.5 Å². The minimum absolute atomic E-state index is 0.00729. The van der Waals surface area contributed by atoms with Gasteiger partial charge in [-0.2, -0.15) is 0 Å². The maximum absolute atomic E-state index is 12.5. The highest BCUT2D eigenvalue weighted by molar-refractivity contribution is 6.31. The number of fused-ring (bicyclic) bond motifs is 3. The van der Waals surface area contributed by atoms with Crippen molar-refractivity contribution in [3.63, 3.8) is 0 Å². The van der Waals surface area contributed by atoms with E-state index in [1.165, 1.54) is 0 Å². The van der Waals surface area contributed by atoms with Gasteiger partial charge in [-0.15, -0.1) is 16.8 Å². The van der Waals surface area contributed by atoms with Gasteiger partial charge in [0.25, 0.3) is 0 Å². The molecule has 1 N–H and O–H groups in total. The number of hydrogen-bond acceptors (Lipinski definition) is 5. The summed E-state index contributed by atoms with van der Waals surface area (Å²) in [5.74, 6) is 1.46. The first-order chi connectivity index (χ1) is 16.1. The SMILES string of the molecule is C=CCNC(=O)N1CCN(c2nc3cc(Cl)ccc3c3nnc(-c4ccccc4)n23)C[C@@H]1C. The Morgan fingerprint density at radius 2 is 2.03 bits per heavy atom. The van der Waals surface area contributed by atoms with Gasteiger partial charge in [-0.3, -0.25) is 0 Å². The van der Waals surface area contributed by atoms with Crippen molar-refractivity contribution in [3.8, 4) is 11.4 Å². The number of aromatic nitrogens is 4. The quantitative estimate of drug-likeness (QED) is 0.465. The number of anilines is 1. The van der Waals surface area contributed by atoms with Gasteiger partial charge >= 0.3 is 6.03 Å². The maximum Gasteiger partial charge on any atom is 0.318 e. The summed E-state index contributed by atoms with van der Waals surface area (Å²) in [5, 5.41) is 13.4. The monoisotopic (exact) mass is 461 g/mol. The Balaban J connectivity index is 1.60. The van der Waals surface area contributed by atoms with E-state index in [0.717, 1.165) is 33.9 Å². The summed E-state index contributed by atoms with van der Waals surface area (Å²) >= 11 is 6.27. The third-order valence-electron chi connectivity index (χ3n) is 5.88. The minimum Gasteiger partial charge on any atom is -0.338 e. The number of piperazine rings is 1. The molecule has 33 heavy (non-hydrogen) atoms. The summed E-state index contributed by atoms with van der Waals surface area (Å²) in [4.78, 5) is 21.6. The lowest BCUT2D eigenvalue weighted by atomic mass is 10.2. The second kappa shape index (κ2) is 8.71. The molecule has 5 rings (SSSR count). The molecule has 8 nitrogen and oxygen atoms in total. The van der Waals surface area contributed by atoms with Gasteiger partial charge in [-0.05, 0) is 25.1 Å². The normalized spacial score (nSPS) is 16.4. The molecule has 9 heteroatoms. The summed E-state index contributed by atoms with van der Waals surface area (Å²) in [6.45, 7) is 7.98. The number of hydrogen-bond donors (Lipinski definition) is 1. The largest absolute Gasteiger partial charge is 0.338 e. The third kappa shape index (κ3) is 3.87. The lowest BCUT2D eigenvalue weighted by Crippen LogP contribution is -2.57. The molecule has 2 aromatic carbocycles. The molecule has 0 saturated carbocycles. The lowest BCUT2D eigenvalue weighted by molar-refractivity contribution is 0.172. The van der Waals surface area contributed by atoms with Gasteiger partial charge < -0.3 is 15.1 Å². The van der Waals surface area contributed by atoms with E-state index in [1.807, 2.05) is 64.8 Å². The first-order valence-electron chi connectivity index (χ1n) is 10.9. The minimum atomic E-state index is -0.0836. The first kappa shape index (κ1) is 21.2. The van der Waals surface area contributed by atoms with E-state index >= 15 is 0 Å². The third-order valence-corrected chi connectivity index (χ3v) is 6.12. The fraction of sp³-hybridized carbons (Fsp3) is 0.250. The van der Waals surface area contributed by atoms with Crippen LogP contribution in [0.25, 0.3) is 27.9 Å². The Bertz CT molecular complexity index is 1340. The number of nitrogens with one attached hydrogen (secondary N) is 1. The van der Waals surface area contributed by atoms with Crippen LogP contribution in [0.3, 0.4) is 0 Å². The Labute approximate surface area is 196 Å². The summed E-state index contributed by atoms with van der Waals surface area (Å²) in [7, 11) is 0. The molecule has 3 heterocycles. The van der Waals surface area contributed by atoms with Gasteiger partial charge in [0, 0.05) is 48.2 Å². The van der Waals surface area contributed by atoms with Crippen LogP contribution in [0.2, 0.25) is 5.02 Å². The highest BCUT2D eigenvalue weighted by Gasteiger charge is 2.30. The van der Waals surface area contributed by atoms with E-state index in [-0.39, 0.29) is 12.1 Å². The fourth-order valence-corrected chi connectivity index (χ4v) is 4.45. The van der Waals surface area contributed by atoms with Crippen LogP contribution in [0, 0.1) is 0 Å². The molecular formula is C24H24ClN7O. The van der Waals surface area contributed by atoms with Crippen molar-refractivity contribution in [1.82, 2.24) is 29.8 Å². The molecule has 1 atom stereocenters. The number of rotatable bonds is 4. The predicted octanol–water partition coefficient (Wildman–Crippen LogP) is 4.00. The van der Waals surface area contributed by atoms with Crippen molar-refractivity contribution in [2.24, 2.45) is 0 Å². The van der Waals surface area contributed by atoms with Crippen LogP contribution in [0.4, 0.5) is 10.7 Å². The molecule has 168 valence electrons. The smallest absolute Gasteiger partial charge is 0.318 e. The molecule has 1 saturated heterocycles. The predicted molar refractivity (Wildman–Crippen MR) is 131 cm³/mol. The van der Waals surface area contributed by atoms with E-state index < -0.39 is 0 Å². The number of amides is 2. The van der Waals surface area contributed by atoms with E-state index in [4.69, 9.17) is 16.6 Å². The molecule has 0 unspecified atom stereocenters. The standard InChI is InChI=1S/C24H24ClN7O/c1-3-11-26-24(33)31-13-12-30(15-16(31)2)23-27-20-14-18(25)9-10-19(20)22-29-28-21(32(22)23)17-7-5-4-6-8-17/h3-10,14,16H,1,11-13,15H2,2H3,(H,26,33)/t16-/m0/s1. The van der Waals surface area contributed by atoms with Crippen molar-refractivity contribution >= 4 is 40.1 Å². The zero-order valence-electron chi connectivity index (χ0n) is 18.3. The topological polar surface area (TPSA) is 78.7 Å². The number of benzene rings is 2. The highest BCUT2D eigenvalue weighted by Crippen LogP contribution is 2.30. The lowest BCUT2D eigenvalue weighted by Gasteiger charge is -2.40. The van der Waals surface area contributed by atoms with Crippen molar-refractivity contribution < 1.29 is 4.79 Å². The zero-order valence-corrected chi connectivity index (χ0v) is 19.0. The molecule has 0 aliphatic carbocycles. The summed E-state index contributed by atoms with van der Waals surface area (Å²) in [6.07, 6.45) is 1.68. The molecule has 2 amide bonds. The second-order valence-electron chi connectivity index (χ2n) is 8.09. The molecule has 0 radical (unpaired) electrons. The molecular weight excluding hydrogens is 438 g/mol. The highest BCUT2D eigenvalue weighted by atomic mass is 35.5. The van der Waals surface area contributed by atoms with Crippen LogP contribution in [0.15, 0.2) is 61.2 Å². The van der Waals surface area contributed by atoms with Gasteiger partial charge in [-0.25, -0.2) is 14.2 Å². The van der Waals surface area contributed by atoms with E-state index in [0.29, 0.717) is 31.2 Å². The Kier molecular flexibility index (Phi) is 5.60. The average Bonchev–Trinajstić information content (AvgIpc) is 3.27. The van der Waals surface area contributed by atoms with Crippen LogP contribution < -0.4 is 10.2 Å². The van der Waals surface area contributed by atoms with Crippen LogP contribution >= 0.6 is 11.6 Å². The summed E-state index contributed by atoms with van der Waals surface area (Å²) < 4.78 is 2.01. The van der Waals surface area contributed by atoms with Crippen molar-refractivity contribution in [2.45, 2.75) is 13.0 Å². The molecule has 1 aliphatic heterocycles. The number of nitrogens with zero attached hydrogens (tertiary/aromatic N) is 6. The number of urea groups is 1. The van der Waals surface area contributed by atoms with Gasteiger partial charge in [-0.1, -0.05) is 48.0 Å². The van der Waals surface area contributed by atoms with Gasteiger partial charge in [0.2, 0.25) is 5.95 Å². The van der Waals surface area contributed by atoms with Gasteiger partial charge in [0.1, 0.15) is 0 Å². The van der Waals surface area contributed by atoms with Crippen molar-refractivity contribution in [1.29, 1.82) is 0 Å². The molecule has 2 aromatic heterocycles. The summed E-state index contributed by atoms with van der Waals surface area (Å²) in [5.41, 5.74) is 2.44. The number of halogens is 1. The van der Waals surface area contributed by atoms with Crippen LogP contribution in [-0.2, 0) is 0 Å². The van der Waals surface area contributed by atoms with E-state index in [2.05, 4.69) is 27.0 Å². The van der Waals surface area contributed by atoms with Crippen LogP contribution in [-0.4, -0.2) is 62.7 Å². The molecule has 0 spiro atoms. The summed E-state index contributed by atoms with van der Waals surface area (Å²) in [6, 6.07) is 15.5. The molecule has 0 bridgehead atoms. The Hall–Kier alpha value is -3.65. The van der Waals surface area contributed by atoms with Crippen LogP contribution in [0.1, 0.15) is 6.92 Å². The first-order valence-corrected chi connectivity index (χ1v) is 11.2. The average molecular weight is 462 g/mol. The zero-order chi connectivity index (χ0) is 22.9.